The quantitative estimate of drug-likeness (QED) is 0.524. The van der Waals surface area contributed by atoms with Crippen LogP contribution in [0.25, 0.3) is 0 Å². The maximum Gasteiger partial charge on any atom is 0.119 e. The van der Waals surface area contributed by atoms with E-state index in [0.29, 0.717) is 6.61 Å². The highest BCUT2D eigenvalue weighted by atomic mass is 16.5. The predicted molar refractivity (Wildman–Crippen MR) is 104 cm³/mol. The molecule has 0 saturated heterocycles. The normalized spacial score (nSPS) is 16.6. The van der Waals surface area contributed by atoms with E-state index >= 15 is 0 Å². The highest BCUT2D eigenvalue weighted by Gasteiger charge is 2.13. The molecule has 2 nitrogen and oxygen atoms in total. The van der Waals surface area contributed by atoms with Gasteiger partial charge in [0.05, 0.1) is 19.3 Å². The summed E-state index contributed by atoms with van der Waals surface area (Å²) in [6, 6.07) is 8.17. The van der Waals surface area contributed by atoms with Crippen LogP contribution in [-0.2, 0) is 4.74 Å². The number of allylic oxidation sites excluding steroid dienone is 2. The van der Waals surface area contributed by atoms with Crippen molar-refractivity contribution in [1.29, 1.82) is 0 Å². The predicted octanol–water partition coefficient (Wildman–Crippen LogP) is 6.25. The van der Waals surface area contributed by atoms with Gasteiger partial charge in [-0.15, -0.1) is 0 Å². The summed E-state index contributed by atoms with van der Waals surface area (Å²) >= 11 is 0. The van der Waals surface area contributed by atoms with E-state index < -0.39 is 0 Å². The molecule has 134 valence electrons. The smallest absolute Gasteiger partial charge is 0.119 e. The van der Waals surface area contributed by atoms with E-state index in [9.17, 15) is 0 Å². The topological polar surface area (TPSA) is 18.5 Å². The fraction of sp³-hybridized carbons (Fsp3) is 0.545. The molecule has 1 aromatic rings. The maximum atomic E-state index is 5.97. The van der Waals surface area contributed by atoms with Crippen molar-refractivity contribution in [3.05, 3.63) is 53.1 Å². The third kappa shape index (κ3) is 6.92. The van der Waals surface area contributed by atoms with Crippen molar-refractivity contribution in [3.8, 4) is 5.75 Å². The second-order valence-corrected chi connectivity index (χ2v) is 5.79. The van der Waals surface area contributed by atoms with Gasteiger partial charge in [0.25, 0.3) is 0 Å². The monoisotopic (exact) mass is 330 g/mol. The summed E-state index contributed by atoms with van der Waals surface area (Å²) in [5.74, 6) is 0.946. The van der Waals surface area contributed by atoms with Crippen molar-refractivity contribution in [2.24, 2.45) is 0 Å². The maximum absolute atomic E-state index is 5.97. The second kappa shape index (κ2) is 11.9. The molecule has 1 unspecified atom stereocenters. The summed E-state index contributed by atoms with van der Waals surface area (Å²) in [5, 5.41) is 0. The van der Waals surface area contributed by atoms with Crippen LogP contribution in [0.3, 0.4) is 0 Å². The lowest BCUT2D eigenvalue weighted by Gasteiger charge is -2.21. The van der Waals surface area contributed by atoms with Crippen molar-refractivity contribution in [2.75, 3.05) is 13.2 Å². The molecule has 2 heteroatoms. The van der Waals surface area contributed by atoms with Gasteiger partial charge in [0.2, 0.25) is 0 Å². The van der Waals surface area contributed by atoms with Crippen LogP contribution in [0, 0.1) is 6.92 Å². The Hall–Kier alpha value is -1.54. The first-order valence-corrected chi connectivity index (χ1v) is 9.44. The van der Waals surface area contributed by atoms with Crippen LogP contribution in [0.5, 0.6) is 5.75 Å². The molecule has 0 aliphatic heterocycles. The first-order valence-electron chi connectivity index (χ1n) is 9.44. The molecule has 1 aliphatic carbocycles. The highest BCUT2D eigenvalue weighted by molar-refractivity contribution is 5.34. The van der Waals surface area contributed by atoms with E-state index in [0.717, 1.165) is 38.0 Å². The Morgan fingerprint density at radius 2 is 1.79 bits per heavy atom. The molecule has 0 saturated carbocycles. The van der Waals surface area contributed by atoms with E-state index in [1.165, 1.54) is 16.7 Å². The van der Waals surface area contributed by atoms with Crippen LogP contribution in [0.4, 0.5) is 0 Å². The van der Waals surface area contributed by atoms with Gasteiger partial charge >= 0.3 is 0 Å². The third-order valence-corrected chi connectivity index (χ3v) is 4.04. The lowest BCUT2D eigenvalue weighted by atomic mass is 9.93. The number of hydrogen-bond donors (Lipinski definition) is 0. The third-order valence-electron chi connectivity index (χ3n) is 4.04. The molecule has 0 heterocycles. The van der Waals surface area contributed by atoms with Gasteiger partial charge in [-0.1, -0.05) is 52.0 Å². The standard InChI is InChI=1S/C20H28O2.C2H6/c1-4-17-10-11-20(15-18(17)5-2)22-13-7-12-21-19-9-6-8-16(3)14-19;1-2/h6,8-10,14-15,20H,4-5,7,11-13H2,1-3H3;1-2H3. The molecule has 1 aromatic carbocycles. The Labute approximate surface area is 148 Å². The molecular weight excluding hydrogens is 296 g/mol. The minimum atomic E-state index is 0.240. The Bertz CT molecular complexity index is 529. The summed E-state index contributed by atoms with van der Waals surface area (Å²) in [6.45, 7) is 12.0. The second-order valence-electron chi connectivity index (χ2n) is 5.79. The fourth-order valence-electron chi connectivity index (χ4n) is 2.81. The first-order chi connectivity index (χ1) is 11.7. The van der Waals surface area contributed by atoms with E-state index in [2.05, 4.69) is 45.1 Å². The fourth-order valence-corrected chi connectivity index (χ4v) is 2.81. The summed E-state index contributed by atoms with van der Waals surface area (Å²) in [5.41, 5.74) is 4.17. The number of ether oxygens (including phenoxy) is 2. The minimum Gasteiger partial charge on any atom is -0.493 e. The number of benzene rings is 1. The molecule has 1 aliphatic rings. The number of rotatable bonds is 8. The van der Waals surface area contributed by atoms with Crippen molar-refractivity contribution in [3.63, 3.8) is 0 Å². The van der Waals surface area contributed by atoms with Gasteiger partial charge in [-0.25, -0.2) is 0 Å². The summed E-state index contributed by atoms with van der Waals surface area (Å²) in [6.07, 6.45) is 9.03. The van der Waals surface area contributed by atoms with Crippen LogP contribution in [0.2, 0.25) is 0 Å². The SMILES string of the molecule is CC.CCC1=CCC(OCCCOc2cccc(C)c2)C=C1CC. The zero-order valence-corrected chi connectivity index (χ0v) is 16.1. The van der Waals surface area contributed by atoms with Gasteiger partial charge in [0, 0.05) is 6.42 Å². The molecule has 0 radical (unpaired) electrons. The molecule has 2 rings (SSSR count). The van der Waals surface area contributed by atoms with E-state index in [1.54, 1.807) is 0 Å². The Morgan fingerprint density at radius 3 is 2.46 bits per heavy atom. The zero-order chi connectivity index (χ0) is 17.8. The molecular formula is C22H34O2. The molecule has 24 heavy (non-hydrogen) atoms. The molecule has 1 atom stereocenters. The van der Waals surface area contributed by atoms with Crippen molar-refractivity contribution >= 4 is 0 Å². The van der Waals surface area contributed by atoms with Crippen LogP contribution in [0.15, 0.2) is 47.6 Å². The molecule has 0 amide bonds. The van der Waals surface area contributed by atoms with Crippen molar-refractivity contribution in [1.82, 2.24) is 0 Å². The largest absolute Gasteiger partial charge is 0.493 e. The van der Waals surface area contributed by atoms with Crippen LogP contribution < -0.4 is 4.74 Å². The van der Waals surface area contributed by atoms with Crippen LogP contribution in [-0.4, -0.2) is 19.3 Å². The van der Waals surface area contributed by atoms with Gasteiger partial charge in [0.1, 0.15) is 5.75 Å². The summed E-state index contributed by atoms with van der Waals surface area (Å²) in [7, 11) is 0. The minimum absolute atomic E-state index is 0.240. The van der Waals surface area contributed by atoms with Gasteiger partial charge in [-0.3, -0.25) is 0 Å². The average Bonchev–Trinajstić information content (AvgIpc) is 2.63. The van der Waals surface area contributed by atoms with E-state index in [1.807, 2.05) is 26.0 Å². The molecule has 0 spiro atoms. The summed E-state index contributed by atoms with van der Waals surface area (Å²) < 4.78 is 11.7. The number of aryl methyl sites for hydroxylation is 1. The van der Waals surface area contributed by atoms with E-state index in [-0.39, 0.29) is 6.10 Å². The lowest BCUT2D eigenvalue weighted by Crippen LogP contribution is -2.16. The lowest BCUT2D eigenvalue weighted by molar-refractivity contribution is 0.0755. The molecule has 0 aromatic heterocycles. The van der Waals surface area contributed by atoms with Crippen LogP contribution >= 0.6 is 0 Å². The highest BCUT2D eigenvalue weighted by Crippen LogP contribution is 2.25. The van der Waals surface area contributed by atoms with E-state index in [4.69, 9.17) is 9.47 Å². The Balaban J connectivity index is 0.00000139. The molecule has 0 fully saturated rings. The Morgan fingerprint density at radius 1 is 1.04 bits per heavy atom. The van der Waals surface area contributed by atoms with Gasteiger partial charge in [-0.05, 0) is 55.0 Å². The van der Waals surface area contributed by atoms with Crippen molar-refractivity contribution in [2.45, 2.75) is 66.4 Å². The number of hydrogen-bond acceptors (Lipinski definition) is 2. The first kappa shape index (κ1) is 20.5. The Kier molecular flexibility index (Phi) is 10.2. The molecule has 0 N–H and O–H groups in total. The zero-order valence-electron chi connectivity index (χ0n) is 16.1. The van der Waals surface area contributed by atoms with Crippen molar-refractivity contribution < 1.29 is 9.47 Å². The van der Waals surface area contributed by atoms with Gasteiger partial charge in [-0.2, -0.15) is 0 Å². The van der Waals surface area contributed by atoms with Gasteiger partial charge in [0.15, 0.2) is 0 Å². The van der Waals surface area contributed by atoms with Gasteiger partial charge < -0.3 is 9.47 Å². The molecule has 0 bridgehead atoms. The average molecular weight is 331 g/mol. The van der Waals surface area contributed by atoms with Crippen LogP contribution in [0.1, 0.15) is 58.9 Å². The summed E-state index contributed by atoms with van der Waals surface area (Å²) in [4.78, 5) is 0.